The van der Waals surface area contributed by atoms with E-state index in [1.54, 1.807) is 0 Å². The Morgan fingerprint density at radius 1 is 0.952 bits per heavy atom. The second-order valence-corrected chi connectivity index (χ2v) is 7.89. The van der Waals surface area contributed by atoms with Crippen molar-refractivity contribution in [3.63, 3.8) is 0 Å². The molecule has 4 aliphatic rings. The number of fused-ring (bicyclic) bond motifs is 10. The minimum absolute atomic E-state index is 0.0367. The molecule has 21 heavy (non-hydrogen) atoms. The number of ether oxygens (including phenoxy) is 1. The van der Waals surface area contributed by atoms with Crippen molar-refractivity contribution in [2.24, 2.45) is 22.7 Å². The minimum Gasteiger partial charge on any atom is -0.365 e. The molecule has 1 aromatic carbocycles. The van der Waals surface area contributed by atoms with Gasteiger partial charge in [-0.1, -0.05) is 38.1 Å². The summed E-state index contributed by atoms with van der Waals surface area (Å²) in [4.78, 5) is 25.6. The minimum atomic E-state index is -0.706. The van der Waals surface area contributed by atoms with Gasteiger partial charge in [0.1, 0.15) is 11.6 Å². The molecular formula is C18H18O3. The number of Topliss-reactive ketones (excluding diaryl/α,β-unsaturated/α-hetero) is 2. The van der Waals surface area contributed by atoms with Crippen molar-refractivity contribution in [3.8, 4) is 0 Å². The molecule has 0 aromatic heterocycles. The number of carbonyl (C=O) groups excluding carboxylic acids is 2. The molecule has 2 aliphatic heterocycles. The molecule has 3 nitrogen and oxygen atoms in total. The van der Waals surface area contributed by atoms with Crippen LogP contribution in [0.25, 0.3) is 0 Å². The highest BCUT2D eigenvalue weighted by Gasteiger charge is 2.84. The van der Waals surface area contributed by atoms with E-state index < -0.39 is 5.41 Å². The van der Waals surface area contributed by atoms with Gasteiger partial charge in [-0.2, -0.15) is 0 Å². The summed E-state index contributed by atoms with van der Waals surface area (Å²) < 4.78 is 6.08. The Kier molecular flexibility index (Phi) is 1.90. The Hall–Kier alpha value is -1.48. The number of hydrogen-bond acceptors (Lipinski definition) is 3. The van der Waals surface area contributed by atoms with Crippen molar-refractivity contribution < 1.29 is 14.3 Å². The van der Waals surface area contributed by atoms with Gasteiger partial charge in [0.2, 0.25) is 0 Å². The van der Waals surface area contributed by atoms with Gasteiger partial charge in [0.25, 0.3) is 0 Å². The second kappa shape index (κ2) is 3.30. The molecule has 0 amide bonds. The molecule has 1 saturated heterocycles. The predicted octanol–water partition coefficient (Wildman–Crippen LogP) is 3.00. The molecule has 5 rings (SSSR count). The number of benzene rings is 1. The Bertz CT molecular complexity index is 645. The first-order valence-corrected chi connectivity index (χ1v) is 7.78. The van der Waals surface area contributed by atoms with E-state index in [0.717, 1.165) is 0 Å². The van der Waals surface area contributed by atoms with E-state index in [1.807, 2.05) is 26.0 Å². The van der Waals surface area contributed by atoms with Crippen LogP contribution in [0.2, 0.25) is 0 Å². The van der Waals surface area contributed by atoms with E-state index in [0.29, 0.717) is 12.8 Å². The molecule has 2 aliphatic carbocycles. The lowest BCUT2D eigenvalue weighted by atomic mass is 9.68. The fourth-order valence-electron chi connectivity index (χ4n) is 5.31. The van der Waals surface area contributed by atoms with Gasteiger partial charge in [-0.05, 0) is 16.5 Å². The summed E-state index contributed by atoms with van der Waals surface area (Å²) in [5, 5.41) is 0. The number of ketones is 2. The molecular weight excluding hydrogens is 264 g/mol. The molecule has 0 N–H and O–H groups in total. The van der Waals surface area contributed by atoms with Crippen LogP contribution in [0.15, 0.2) is 24.3 Å². The predicted molar refractivity (Wildman–Crippen MR) is 75.5 cm³/mol. The smallest absolute Gasteiger partial charge is 0.147 e. The summed E-state index contributed by atoms with van der Waals surface area (Å²) >= 11 is 0. The Morgan fingerprint density at radius 2 is 1.43 bits per heavy atom. The summed E-state index contributed by atoms with van der Waals surface area (Å²) in [5.41, 5.74) is 1.52. The van der Waals surface area contributed by atoms with Gasteiger partial charge in [-0.25, -0.2) is 0 Å². The maximum atomic E-state index is 12.8. The second-order valence-electron chi connectivity index (χ2n) is 7.89. The van der Waals surface area contributed by atoms with Crippen LogP contribution in [0.3, 0.4) is 0 Å². The van der Waals surface area contributed by atoms with Crippen molar-refractivity contribution in [3.05, 3.63) is 35.4 Å². The third-order valence-corrected chi connectivity index (χ3v) is 6.08. The zero-order valence-electron chi connectivity index (χ0n) is 12.3. The summed E-state index contributed by atoms with van der Waals surface area (Å²) in [6.45, 7) is 4.04. The number of hydrogen-bond donors (Lipinski definition) is 0. The van der Waals surface area contributed by atoms with Crippen LogP contribution in [-0.2, 0) is 14.3 Å². The first-order valence-electron chi connectivity index (χ1n) is 7.78. The molecule has 1 aromatic rings. The average Bonchev–Trinajstić information content (AvgIpc) is 2.78. The van der Waals surface area contributed by atoms with Crippen molar-refractivity contribution in [2.45, 2.75) is 38.9 Å². The van der Waals surface area contributed by atoms with E-state index in [1.165, 1.54) is 11.1 Å². The van der Waals surface area contributed by atoms with E-state index in [2.05, 4.69) is 12.1 Å². The standard InChI is InChI=1S/C18H18O3/c1-17(2)7-11(19)18(12(20)8-17)13-14(18)16-10-6-4-3-5-9(10)15(13)21-16/h3-6,13-16H,7-8H2,1-2H3/t13-,14+,15+,16-. The van der Waals surface area contributed by atoms with Crippen LogP contribution in [-0.4, -0.2) is 11.6 Å². The first kappa shape index (κ1) is 12.1. The van der Waals surface area contributed by atoms with Gasteiger partial charge in [0.15, 0.2) is 0 Å². The first-order chi connectivity index (χ1) is 9.97. The van der Waals surface area contributed by atoms with E-state index in [9.17, 15) is 9.59 Å². The highest BCUT2D eigenvalue weighted by Crippen LogP contribution is 2.80. The SMILES string of the molecule is CC1(C)CC(=O)C2(C(=O)C1)[C@@H]1[C@H]2[C@@H]2O[C@H]1c1ccccc12. The zero-order chi connectivity index (χ0) is 14.6. The van der Waals surface area contributed by atoms with Crippen molar-refractivity contribution in [2.75, 3.05) is 0 Å². The largest absolute Gasteiger partial charge is 0.365 e. The van der Waals surface area contributed by atoms with Crippen LogP contribution >= 0.6 is 0 Å². The summed E-state index contributed by atoms with van der Waals surface area (Å²) in [6, 6.07) is 8.20. The molecule has 2 saturated carbocycles. The molecule has 2 bridgehead atoms. The number of rotatable bonds is 0. The molecule has 108 valence electrons. The van der Waals surface area contributed by atoms with Crippen LogP contribution in [0.1, 0.15) is 50.0 Å². The molecule has 2 heterocycles. The van der Waals surface area contributed by atoms with Gasteiger partial charge in [0, 0.05) is 24.7 Å². The summed E-state index contributed by atoms with van der Waals surface area (Å²) in [5.74, 6) is 0.553. The lowest BCUT2D eigenvalue weighted by molar-refractivity contribution is -0.147. The van der Waals surface area contributed by atoms with E-state index >= 15 is 0 Å². The summed E-state index contributed by atoms with van der Waals surface area (Å²) in [7, 11) is 0. The molecule has 0 radical (unpaired) electrons. The average molecular weight is 282 g/mol. The van der Waals surface area contributed by atoms with Crippen molar-refractivity contribution in [1.82, 2.24) is 0 Å². The number of carbonyl (C=O) groups is 2. The maximum absolute atomic E-state index is 12.8. The zero-order valence-corrected chi connectivity index (χ0v) is 12.3. The topological polar surface area (TPSA) is 43.4 Å². The Labute approximate surface area is 123 Å². The van der Waals surface area contributed by atoms with Crippen LogP contribution in [0, 0.1) is 22.7 Å². The van der Waals surface area contributed by atoms with Gasteiger partial charge < -0.3 is 4.74 Å². The fourth-order valence-corrected chi connectivity index (χ4v) is 5.31. The van der Waals surface area contributed by atoms with Crippen molar-refractivity contribution >= 4 is 11.6 Å². The lowest BCUT2D eigenvalue weighted by Gasteiger charge is -2.35. The van der Waals surface area contributed by atoms with E-state index in [4.69, 9.17) is 4.74 Å². The highest BCUT2D eigenvalue weighted by molar-refractivity contribution is 6.14. The molecule has 4 atom stereocenters. The normalized spacial score (nSPS) is 40.3. The third-order valence-electron chi connectivity index (χ3n) is 6.08. The molecule has 1 spiro atoms. The van der Waals surface area contributed by atoms with Gasteiger partial charge in [-0.3, -0.25) is 9.59 Å². The van der Waals surface area contributed by atoms with Crippen LogP contribution in [0.5, 0.6) is 0 Å². The monoisotopic (exact) mass is 282 g/mol. The summed E-state index contributed by atoms with van der Waals surface area (Å²) in [6.07, 6.45) is 0.985. The molecule has 3 fully saturated rings. The van der Waals surface area contributed by atoms with Gasteiger partial charge in [0.05, 0.1) is 17.6 Å². The van der Waals surface area contributed by atoms with E-state index in [-0.39, 0.29) is 41.0 Å². The highest BCUT2D eigenvalue weighted by atomic mass is 16.5. The van der Waals surface area contributed by atoms with Crippen LogP contribution in [0.4, 0.5) is 0 Å². The third kappa shape index (κ3) is 1.18. The van der Waals surface area contributed by atoms with Crippen molar-refractivity contribution in [1.29, 1.82) is 0 Å². The van der Waals surface area contributed by atoms with Crippen LogP contribution < -0.4 is 0 Å². The maximum Gasteiger partial charge on any atom is 0.147 e. The Balaban J connectivity index is 1.60. The quantitative estimate of drug-likeness (QED) is 0.687. The lowest BCUT2D eigenvalue weighted by Crippen LogP contribution is -2.42. The molecule has 0 unspecified atom stereocenters. The van der Waals surface area contributed by atoms with Gasteiger partial charge in [-0.15, -0.1) is 0 Å². The van der Waals surface area contributed by atoms with Gasteiger partial charge >= 0.3 is 0 Å². The molecule has 3 heteroatoms. The fraction of sp³-hybridized carbons (Fsp3) is 0.556. The Morgan fingerprint density at radius 3 is 1.90 bits per heavy atom.